The number of ketones is 1. The minimum Gasteiger partial charge on any atom is -0.451 e. The molecule has 5 heterocycles. The first kappa shape index (κ1) is 37.8. The molecule has 3 saturated heterocycles. The molecule has 4 aliphatic heterocycles. The van der Waals surface area contributed by atoms with E-state index in [0.717, 1.165) is 45.3 Å². The van der Waals surface area contributed by atoms with Crippen molar-refractivity contribution in [2.75, 3.05) is 72.4 Å². The summed E-state index contributed by atoms with van der Waals surface area (Å²) >= 11 is 0. The number of aryl methyl sites for hydroxylation is 1. The molecule has 0 radical (unpaired) electrons. The minimum absolute atomic E-state index is 0. The molecule has 51 heavy (non-hydrogen) atoms. The zero-order valence-electron chi connectivity index (χ0n) is 27.9. The van der Waals surface area contributed by atoms with Crippen LogP contribution in [0.5, 0.6) is 5.75 Å². The predicted molar refractivity (Wildman–Crippen MR) is 178 cm³/mol. The first-order valence-electron chi connectivity index (χ1n) is 16.9. The summed E-state index contributed by atoms with van der Waals surface area (Å²) in [7, 11) is 0. The summed E-state index contributed by atoms with van der Waals surface area (Å²) in [6.45, 7) is 7.45. The largest absolute Gasteiger partial charge is 0.511 e. The van der Waals surface area contributed by atoms with E-state index in [4.69, 9.17) is 18.9 Å². The van der Waals surface area contributed by atoms with Crippen LogP contribution in [0.15, 0.2) is 29.2 Å². The van der Waals surface area contributed by atoms with Crippen molar-refractivity contribution in [3.63, 3.8) is 0 Å². The van der Waals surface area contributed by atoms with Crippen LogP contribution in [0, 0.1) is 11.6 Å². The van der Waals surface area contributed by atoms with Gasteiger partial charge in [0.2, 0.25) is 18.0 Å². The number of benzene rings is 1. The number of ether oxygens (including phenoxy) is 4. The maximum absolute atomic E-state index is 14.2. The smallest absolute Gasteiger partial charge is 0.451 e. The number of rotatable bonds is 12. The van der Waals surface area contributed by atoms with Crippen molar-refractivity contribution in [3.05, 3.63) is 63.1 Å². The third-order valence-electron chi connectivity index (χ3n) is 9.63. The van der Waals surface area contributed by atoms with Crippen molar-refractivity contribution < 1.29 is 46.9 Å². The Balaban J connectivity index is 0.00000504. The van der Waals surface area contributed by atoms with Crippen LogP contribution in [0.25, 0.3) is 0 Å². The van der Waals surface area contributed by atoms with Crippen molar-refractivity contribution in [2.24, 2.45) is 0 Å². The van der Waals surface area contributed by atoms with Crippen LogP contribution in [0.3, 0.4) is 0 Å². The molecule has 2 amide bonds. The molecule has 0 saturated carbocycles. The molecule has 14 nitrogen and oxygen atoms in total. The fourth-order valence-electron chi connectivity index (χ4n) is 6.80. The van der Waals surface area contributed by atoms with Crippen molar-refractivity contribution in [1.29, 1.82) is 0 Å². The second kappa shape index (κ2) is 16.7. The average molecular weight is 718 g/mol. The first-order chi connectivity index (χ1) is 24.1. The van der Waals surface area contributed by atoms with Crippen molar-refractivity contribution in [3.8, 4) is 5.75 Å². The molecule has 1 aromatic carbocycles. The Bertz CT molecular complexity index is 1670. The second-order valence-corrected chi connectivity index (χ2v) is 12.9. The predicted octanol–water partition coefficient (Wildman–Crippen LogP) is 2.51. The van der Waals surface area contributed by atoms with E-state index in [1.807, 2.05) is 0 Å². The molecular formula is C35H45F2N5O9. The number of hydrogen-bond acceptors (Lipinski definition) is 11. The molecule has 0 spiro atoms. The SMILES string of the molecule is C.C[C@H]1CO[C@@H]2Cn3cc(C(=O)CCc4ccc(F)cc4F)c(=O)c(OCOC(=O)OCC(=O)N4CCN(CCN5CCCC5)CC4)c3C(=O)N12. The highest BCUT2D eigenvalue weighted by Gasteiger charge is 2.43. The summed E-state index contributed by atoms with van der Waals surface area (Å²) in [6.07, 6.45) is 1.45. The summed E-state index contributed by atoms with van der Waals surface area (Å²) in [6, 6.07) is 2.71. The van der Waals surface area contributed by atoms with Crippen LogP contribution < -0.4 is 10.2 Å². The fraction of sp³-hybridized carbons (Fsp3) is 0.571. The van der Waals surface area contributed by atoms with Gasteiger partial charge < -0.3 is 38.2 Å². The Morgan fingerprint density at radius 1 is 0.961 bits per heavy atom. The topological polar surface area (TPSA) is 140 Å². The number of halogens is 2. The standard InChI is InChI=1S/C34H41F2N5O9.CH4/c1-22-19-47-29-18-40-17-25(27(42)7-5-23-4-6-24(35)16-26(23)36)31(44)32(30(40)33(45)41(22)29)49-21-50-34(46)48-20-28(43)39-14-12-38(13-15-39)11-10-37-8-2-3-9-37;/h4,6,16-17,22,29H,2-3,5,7-15,18-21H2,1H3;1H4/t22-,29+;/m0./s1. The van der Waals surface area contributed by atoms with Gasteiger partial charge in [0.1, 0.15) is 11.6 Å². The van der Waals surface area contributed by atoms with E-state index < -0.39 is 60.3 Å². The highest BCUT2D eigenvalue weighted by Crippen LogP contribution is 2.30. The molecule has 0 aliphatic carbocycles. The quantitative estimate of drug-likeness (QED) is 0.182. The van der Waals surface area contributed by atoms with Gasteiger partial charge in [-0.05, 0) is 50.9 Å². The highest BCUT2D eigenvalue weighted by molar-refractivity contribution is 6.00. The van der Waals surface area contributed by atoms with Crippen LogP contribution in [0.2, 0.25) is 0 Å². The number of carbonyl (C=O) groups is 4. The molecule has 0 N–H and O–H groups in total. The summed E-state index contributed by atoms with van der Waals surface area (Å²) in [4.78, 5) is 73.3. The molecular weight excluding hydrogens is 672 g/mol. The van der Waals surface area contributed by atoms with Gasteiger partial charge in [-0.3, -0.25) is 24.1 Å². The lowest BCUT2D eigenvalue weighted by Gasteiger charge is -2.35. The van der Waals surface area contributed by atoms with E-state index in [9.17, 15) is 32.8 Å². The van der Waals surface area contributed by atoms with Crippen molar-refractivity contribution in [1.82, 2.24) is 24.2 Å². The van der Waals surface area contributed by atoms with E-state index >= 15 is 0 Å². The number of Topliss-reactive ketones (excluding diaryl/α,β-unsaturated/α-hetero) is 1. The molecule has 2 atom stereocenters. The van der Waals surface area contributed by atoms with Crippen molar-refractivity contribution in [2.45, 2.75) is 58.8 Å². The fourth-order valence-corrected chi connectivity index (χ4v) is 6.80. The molecule has 6 rings (SSSR count). The summed E-state index contributed by atoms with van der Waals surface area (Å²) in [5.41, 5.74) is -1.32. The van der Waals surface area contributed by atoms with Gasteiger partial charge in [-0.1, -0.05) is 13.5 Å². The van der Waals surface area contributed by atoms with E-state index in [-0.39, 0.29) is 62.2 Å². The Hall–Kier alpha value is -4.41. The van der Waals surface area contributed by atoms with Crippen LogP contribution in [0.4, 0.5) is 13.6 Å². The van der Waals surface area contributed by atoms with Gasteiger partial charge in [0.05, 0.1) is 24.8 Å². The van der Waals surface area contributed by atoms with Gasteiger partial charge in [0.25, 0.3) is 11.8 Å². The second-order valence-electron chi connectivity index (χ2n) is 12.9. The van der Waals surface area contributed by atoms with E-state index in [1.54, 1.807) is 11.8 Å². The summed E-state index contributed by atoms with van der Waals surface area (Å²) in [5, 5.41) is 0. The number of fused-ring (bicyclic) bond motifs is 2. The Labute approximate surface area is 294 Å². The van der Waals surface area contributed by atoms with E-state index in [1.165, 1.54) is 34.6 Å². The Kier molecular flexibility index (Phi) is 12.4. The van der Waals surface area contributed by atoms with Crippen LogP contribution in [-0.2, 0) is 32.0 Å². The molecule has 2 aromatic rings. The maximum atomic E-state index is 14.2. The number of nitrogens with zero attached hydrogens (tertiary/aromatic N) is 5. The lowest BCUT2D eigenvalue weighted by molar-refractivity contribution is -0.137. The highest BCUT2D eigenvalue weighted by atomic mass is 19.1. The normalized spacial score (nSPS) is 20.4. The minimum atomic E-state index is -1.22. The first-order valence-corrected chi connectivity index (χ1v) is 16.9. The monoisotopic (exact) mass is 717 g/mol. The number of amides is 2. The number of piperazine rings is 1. The van der Waals surface area contributed by atoms with E-state index in [2.05, 4.69) is 9.80 Å². The van der Waals surface area contributed by atoms with Crippen LogP contribution >= 0.6 is 0 Å². The van der Waals surface area contributed by atoms with E-state index in [0.29, 0.717) is 19.2 Å². The third-order valence-corrected chi connectivity index (χ3v) is 9.63. The van der Waals surface area contributed by atoms with Crippen molar-refractivity contribution >= 4 is 23.8 Å². The van der Waals surface area contributed by atoms with Crippen LogP contribution in [-0.4, -0.2) is 133 Å². The Morgan fingerprint density at radius 2 is 1.67 bits per heavy atom. The number of likely N-dealkylation sites (tertiary alicyclic amines) is 1. The third kappa shape index (κ3) is 8.73. The summed E-state index contributed by atoms with van der Waals surface area (Å²) < 4.78 is 50.1. The molecule has 0 bridgehead atoms. The van der Waals surface area contributed by atoms with Gasteiger partial charge in [-0.2, -0.15) is 0 Å². The lowest BCUT2D eigenvalue weighted by Crippen LogP contribution is -2.51. The zero-order valence-corrected chi connectivity index (χ0v) is 27.9. The zero-order chi connectivity index (χ0) is 35.4. The molecule has 16 heteroatoms. The Morgan fingerprint density at radius 3 is 2.37 bits per heavy atom. The number of aromatic nitrogens is 1. The number of pyridine rings is 1. The molecule has 3 fully saturated rings. The molecule has 1 aromatic heterocycles. The van der Waals surface area contributed by atoms with Gasteiger partial charge in [-0.25, -0.2) is 13.6 Å². The van der Waals surface area contributed by atoms with Gasteiger partial charge >= 0.3 is 6.16 Å². The molecule has 278 valence electrons. The van der Waals surface area contributed by atoms with Crippen LogP contribution in [0.1, 0.15) is 60.0 Å². The lowest BCUT2D eigenvalue weighted by atomic mass is 10.0. The summed E-state index contributed by atoms with van der Waals surface area (Å²) in [5.74, 6) is -3.71. The van der Waals surface area contributed by atoms with Gasteiger partial charge in [0, 0.05) is 58.0 Å². The maximum Gasteiger partial charge on any atom is 0.511 e. The average Bonchev–Trinajstić information content (AvgIpc) is 3.76. The van der Waals surface area contributed by atoms with Gasteiger partial charge in [-0.15, -0.1) is 0 Å². The van der Waals surface area contributed by atoms with Gasteiger partial charge in [0.15, 0.2) is 24.3 Å². The number of hydrogen-bond donors (Lipinski definition) is 0. The molecule has 4 aliphatic rings. The number of carbonyl (C=O) groups excluding carboxylic acids is 4. The molecule has 0 unspecified atom stereocenters.